The van der Waals surface area contributed by atoms with E-state index in [-0.39, 0.29) is 12.0 Å². The van der Waals surface area contributed by atoms with Gasteiger partial charge < -0.3 is 15.0 Å². The smallest absolute Gasteiger partial charge is 0.410 e. The molecule has 0 aliphatic heterocycles. The number of hydrogen-bond acceptors (Lipinski definition) is 4. The van der Waals surface area contributed by atoms with E-state index in [9.17, 15) is 9.59 Å². The van der Waals surface area contributed by atoms with Crippen LogP contribution in [0.15, 0.2) is 48.5 Å². The lowest BCUT2D eigenvalue weighted by atomic mass is 10.0. The third-order valence-corrected chi connectivity index (χ3v) is 5.20. The molecule has 6 nitrogen and oxygen atoms in total. The fourth-order valence-corrected chi connectivity index (χ4v) is 3.70. The van der Waals surface area contributed by atoms with Crippen LogP contribution in [0.3, 0.4) is 0 Å². The molecule has 1 N–H and O–H groups in total. The molecule has 1 heterocycles. The minimum atomic E-state index is -0.511. The first kappa shape index (κ1) is 24.2. The Bertz CT molecular complexity index is 1160. The zero-order chi connectivity index (χ0) is 24.2. The fourth-order valence-electron chi connectivity index (χ4n) is 3.70. The lowest BCUT2D eigenvalue weighted by Crippen LogP contribution is -2.33. The van der Waals surface area contributed by atoms with E-state index in [0.717, 1.165) is 34.9 Å². The summed E-state index contributed by atoms with van der Waals surface area (Å²) in [6.45, 7) is 9.59. The minimum Gasteiger partial charge on any atom is -0.444 e. The van der Waals surface area contributed by atoms with Gasteiger partial charge in [-0.1, -0.05) is 36.4 Å². The first-order valence-corrected chi connectivity index (χ1v) is 11.2. The lowest BCUT2D eigenvalue weighted by molar-refractivity contribution is -0.114. The zero-order valence-electron chi connectivity index (χ0n) is 20.4. The number of aromatic nitrogens is 1. The van der Waals surface area contributed by atoms with Crippen molar-refractivity contribution in [2.75, 3.05) is 12.4 Å². The van der Waals surface area contributed by atoms with Gasteiger partial charge in [0, 0.05) is 25.9 Å². The first-order valence-electron chi connectivity index (χ1n) is 11.2. The van der Waals surface area contributed by atoms with Crippen molar-refractivity contribution in [2.45, 2.75) is 59.6 Å². The Morgan fingerprint density at radius 2 is 1.67 bits per heavy atom. The summed E-state index contributed by atoms with van der Waals surface area (Å²) in [5.41, 5.74) is 4.91. The van der Waals surface area contributed by atoms with E-state index in [1.165, 1.54) is 18.1 Å². The Labute approximate surface area is 196 Å². The largest absolute Gasteiger partial charge is 0.444 e. The molecule has 0 fully saturated rings. The highest BCUT2D eigenvalue weighted by atomic mass is 16.6. The predicted molar refractivity (Wildman–Crippen MR) is 132 cm³/mol. The van der Waals surface area contributed by atoms with Crippen LogP contribution < -0.4 is 5.32 Å². The number of rotatable bonds is 6. The molecule has 6 heteroatoms. The van der Waals surface area contributed by atoms with Gasteiger partial charge in [-0.25, -0.2) is 9.78 Å². The van der Waals surface area contributed by atoms with Gasteiger partial charge >= 0.3 is 6.09 Å². The number of nitrogens with zero attached hydrogens (tertiary/aromatic N) is 2. The Hall–Kier alpha value is -3.41. The molecule has 174 valence electrons. The molecular weight excluding hydrogens is 414 g/mol. The summed E-state index contributed by atoms with van der Waals surface area (Å²) in [5.74, 6) is 0.445. The van der Waals surface area contributed by atoms with E-state index < -0.39 is 5.60 Å². The van der Waals surface area contributed by atoms with E-state index in [2.05, 4.69) is 40.6 Å². The van der Waals surface area contributed by atoms with Crippen molar-refractivity contribution >= 4 is 28.7 Å². The monoisotopic (exact) mass is 447 g/mol. The predicted octanol–water partition coefficient (Wildman–Crippen LogP) is 5.65. The SMILES string of the molecule is CC(=O)Nc1cc(C)c2ccc(CCc3cccc(CN(C)C(=O)OC(C)(C)C)c3)cc2n1. The van der Waals surface area contributed by atoms with E-state index in [0.29, 0.717) is 12.4 Å². The summed E-state index contributed by atoms with van der Waals surface area (Å²) in [6, 6.07) is 16.5. The van der Waals surface area contributed by atoms with Crippen LogP contribution in [0.2, 0.25) is 0 Å². The quantitative estimate of drug-likeness (QED) is 0.530. The maximum Gasteiger partial charge on any atom is 0.410 e. The van der Waals surface area contributed by atoms with Gasteiger partial charge in [0.25, 0.3) is 0 Å². The summed E-state index contributed by atoms with van der Waals surface area (Å²) in [5, 5.41) is 3.85. The number of fused-ring (bicyclic) bond motifs is 1. The molecule has 0 aliphatic rings. The normalized spacial score (nSPS) is 11.3. The van der Waals surface area contributed by atoms with Crippen molar-refractivity contribution in [3.8, 4) is 0 Å². The minimum absolute atomic E-state index is 0.130. The van der Waals surface area contributed by atoms with Crippen molar-refractivity contribution in [2.24, 2.45) is 0 Å². The van der Waals surface area contributed by atoms with Crippen LogP contribution in [-0.2, 0) is 28.9 Å². The third kappa shape index (κ3) is 7.04. The van der Waals surface area contributed by atoms with Gasteiger partial charge in [-0.2, -0.15) is 0 Å². The molecule has 1 aromatic heterocycles. The van der Waals surface area contributed by atoms with Crippen LogP contribution >= 0.6 is 0 Å². The molecule has 0 saturated carbocycles. The van der Waals surface area contributed by atoms with Crippen molar-refractivity contribution < 1.29 is 14.3 Å². The molecule has 33 heavy (non-hydrogen) atoms. The van der Waals surface area contributed by atoms with E-state index >= 15 is 0 Å². The third-order valence-electron chi connectivity index (χ3n) is 5.20. The number of anilines is 1. The summed E-state index contributed by atoms with van der Waals surface area (Å²) in [4.78, 5) is 29.8. The van der Waals surface area contributed by atoms with E-state index in [4.69, 9.17) is 4.74 Å². The number of aryl methyl sites for hydroxylation is 3. The highest BCUT2D eigenvalue weighted by molar-refractivity contribution is 5.91. The van der Waals surface area contributed by atoms with Crippen molar-refractivity contribution in [1.82, 2.24) is 9.88 Å². The second-order valence-electron chi connectivity index (χ2n) is 9.51. The van der Waals surface area contributed by atoms with Crippen LogP contribution in [0.5, 0.6) is 0 Å². The molecule has 2 aromatic carbocycles. The Morgan fingerprint density at radius 3 is 2.33 bits per heavy atom. The molecule has 0 spiro atoms. The van der Waals surface area contributed by atoms with Crippen LogP contribution in [-0.4, -0.2) is 34.5 Å². The van der Waals surface area contributed by atoms with Crippen molar-refractivity contribution in [1.29, 1.82) is 0 Å². The molecule has 3 aromatic rings. The van der Waals surface area contributed by atoms with Gasteiger partial charge in [-0.3, -0.25) is 4.79 Å². The van der Waals surface area contributed by atoms with Gasteiger partial charge in [0.2, 0.25) is 5.91 Å². The first-order chi connectivity index (χ1) is 15.5. The van der Waals surface area contributed by atoms with Crippen LogP contribution in [0, 0.1) is 6.92 Å². The highest BCUT2D eigenvalue weighted by Gasteiger charge is 2.19. The molecule has 0 atom stereocenters. The van der Waals surface area contributed by atoms with Gasteiger partial charge in [-0.05, 0) is 74.9 Å². The number of ether oxygens (including phenoxy) is 1. The van der Waals surface area contributed by atoms with Crippen LogP contribution in [0.1, 0.15) is 49.9 Å². The molecule has 2 amide bonds. The molecule has 0 aliphatic carbocycles. The number of pyridine rings is 1. The van der Waals surface area contributed by atoms with Gasteiger partial charge in [0.05, 0.1) is 5.52 Å². The van der Waals surface area contributed by atoms with Crippen molar-refractivity contribution in [3.63, 3.8) is 0 Å². The Kier molecular flexibility index (Phi) is 7.36. The Balaban J connectivity index is 1.68. The maximum absolute atomic E-state index is 12.2. The number of nitrogens with one attached hydrogen (secondary N) is 1. The molecular formula is C27H33N3O3. The van der Waals surface area contributed by atoms with Crippen LogP contribution in [0.25, 0.3) is 10.9 Å². The topological polar surface area (TPSA) is 71.5 Å². The summed E-state index contributed by atoms with van der Waals surface area (Å²) >= 11 is 0. The summed E-state index contributed by atoms with van der Waals surface area (Å²) < 4.78 is 5.44. The number of hydrogen-bond donors (Lipinski definition) is 1. The van der Waals surface area contributed by atoms with Gasteiger partial charge in [0.1, 0.15) is 11.4 Å². The second kappa shape index (κ2) is 10.0. The summed E-state index contributed by atoms with van der Waals surface area (Å²) in [6.07, 6.45) is 1.41. The van der Waals surface area contributed by atoms with Gasteiger partial charge in [0.15, 0.2) is 0 Å². The molecule has 0 bridgehead atoms. The standard InChI is InChI=1S/C27H33N3O3/c1-18-14-25(28-19(2)31)29-24-16-21(12-13-23(18)24)11-10-20-8-7-9-22(15-20)17-30(6)26(32)33-27(3,4)5/h7-9,12-16H,10-11,17H2,1-6H3,(H,28,29,31). The van der Waals surface area contributed by atoms with Gasteiger partial charge in [-0.15, -0.1) is 0 Å². The van der Waals surface area contributed by atoms with E-state index in [1.807, 2.05) is 45.9 Å². The number of carbonyl (C=O) groups excluding carboxylic acids is 2. The molecule has 0 radical (unpaired) electrons. The maximum atomic E-state index is 12.2. The number of carbonyl (C=O) groups is 2. The van der Waals surface area contributed by atoms with E-state index in [1.54, 1.807) is 11.9 Å². The Morgan fingerprint density at radius 1 is 1.00 bits per heavy atom. The zero-order valence-corrected chi connectivity index (χ0v) is 20.4. The number of benzene rings is 2. The second-order valence-corrected chi connectivity index (χ2v) is 9.51. The molecule has 0 saturated heterocycles. The molecule has 0 unspecified atom stereocenters. The number of amides is 2. The average Bonchev–Trinajstić information content (AvgIpc) is 2.70. The summed E-state index contributed by atoms with van der Waals surface area (Å²) in [7, 11) is 1.75. The lowest BCUT2D eigenvalue weighted by Gasteiger charge is -2.24. The highest BCUT2D eigenvalue weighted by Crippen LogP contribution is 2.22. The molecule has 3 rings (SSSR count). The fraction of sp³-hybridized carbons (Fsp3) is 0.370. The van der Waals surface area contributed by atoms with Crippen molar-refractivity contribution in [3.05, 3.63) is 70.8 Å². The van der Waals surface area contributed by atoms with Crippen LogP contribution in [0.4, 0.5) is 10.6 Å². The average molecular weight is 448 g/mol.